The van der Waals surface area contributed by atoms with Crippen LogP contribution in [0.1, 0.15) is 23.6 Å². The van der Waals surface area contributed by atoms with Crippen LogP contribution in [0.25, 0.3) is 6.08 Å². The van der Waals surface area contributed by atoms with Gasteiger partial charge in [-0.2, -0.15) is 0 Å². The zero-order valence-corrected chi connectivity index (χ0v) is 20.7. The average Bonchev–Trinajstić information content (AvgIpc) is 3.07. The van der Waals surface area contributed by atoms with Crippen molar-refractivity contribution in [2.24, 2.45) is 0 Å². The van der Waals surface area contributed by atoms with Gasteiger partial charge in [-0.05, 0) is 73.5 Å². The molecule has 0 unspecified atom stereocenters. The molecule has 3 rings (SSSR count). The second-order valence-corrected chi connectivity index (χ2v) is 8.63. The number of esters is 1. The molecule has 0 bridgehead atoms. The van der Waals surface area contributed by atoms with Crippen molar-refractivity contribution < 1.29 is 33.4 Å². The SMILES string of the molecule is CCOC(=O)COc1cc(/C=C2\SC(=O)N(CC(=O)Nc3cc(C)ccc3C)C2=O)ccc1OC. The summed E-state index contributed by atoms with van der Waals surface area (Å²) in [5.74, 6) is -0.897. The first-order valence-electron chi connectivity index (χ1n) is 10.8. The summed E-state index contributed by atoms with van der Waals surface area (Å²) in [5, 5.41) is 2.22. The van der Waals surface area contributed by atoms with Crippen molar-refractivity contribution in [3.05, 3.63) is 58.0 Å². The van der Waals surface area contributed by atoms with Gasteiger partial charge in [0.1, 0.15) is 6.54 Å². The topological polar surface area (TPSA) is 111 Å². The number of ether oxygens (including phenoxy) is 3. The number of carbonyl (C=O) groups is 4. The lowest BCUT2D eigenvalue weighted by atomic mass is 10.1. The summed E-state index contributed by atoms with van der Waals surface area (Å²) in [6.45, 7) is 4.99. The van der Waals surface area contributed by atoms with Crippen molar-refractivity contribution in [3.63, 3.8) is 0 Å². The number of rotatable bonds is 9. The van der Waals surface area contributed by atoms with E-state index in [9.17, 15) is 19.2 Å². The highest BCUT2D eigenvalue weighted by Gasteiger charge is 2.36. The summed E-state index contributed by atoms with van der Waals surface area (Å²) < 4.78 is 15.6. The molecule has 10 heteroatoms. The number of hydrogen-bond donors (Lipinski definition) is 1. The number of anilines is 1. The molecule has 3 amide bonds. The van der Waals surface area contributed by atoms with Crippen LogP contribution >= 0.6 is 11.8 Å². The van der Waals surface area contributed by atoms with Gasteiger partial charge in [-0.3, -0.25) is 19.3 Å². The van der Waals surface area contributed by atoms with E-state index in [1.807, 2.05) is 32.0 Å². The van der Waals surface area contributed by atoms with Crippen molar-refractivity contribution in [2.45, 2.75) is 20.8 Å². The van der Waals surface area contributed by atoms with E-state index in [1.54, 1.807) is 25.1 Å². The Morgan fingerprint density at radius 1 is 1.09 bits per heavy atom. The van der Waals surface area contributed by atoms with Crippen LogP contribution in [-0.2, 0) is 19.1 Å². The maximum atomic E-state index is 12.8. The summed E-state index contributed by atoms with van der Waals surface area (Å²) in [7, 11) is 1.46. The molecule has 1 N–H and O–H groups in total. The van der Waals surface area contributed by atoms with E-state index in [4.69, 9.17) is 14.2 Å². The molecule has 1 aliphatic rings. The van der Waals surface area contributed by atoms with Crippen LogP contribution < -0.4 is 14.8 Å². The molecule has 0 aliphatic carbocycles. The number of methoxy groups -OCH3 is 1. The van der Waals surface area contributed by atoms with E-state index in [0.717, 1.165) is 27.8 Å². The minimum atomic E-state index is -0.569. The van der Waals surface area contributed by atoms with E-state index in [0.29, 0.717) is 17.0 Å². The van der Waals surface area contributed by atoms with Gasteiger partial charge in [-0.25, -0.2) is 4.79 Å². The Hall–Kier alpha value is -3.79. The quantitative estimate of drug-likeness (QED) is 0.409. The first-order chi connectivity index (χ1) is 16.7. The van der Waals surface area contributed by atoms with Crippen LogP contribution in [0.4, 0.5) is 10.5 Å². The van der Waals surface area contributed by atoms with Crippen LogP contribution in [0.5, 0.6) is 11.5 Å². The number of hydrogen-bond acceptors (Lipinski definition) is 8. The first kappa shape index (κ1) is 25.8. The van der Waals surface area contributed by atoms with Crippen molar-refractivity contribution >= 4 is 46.5 Å². The maximum absolute atomic E-state index is 12.8. The fraction of sp³-hybridized carbons (Fsp3) is 0.280. The van der Waals surface area contributed by atoms with Crippen LogP contribution in [0.3, 0.4) is 0 Å². The highest BCUT2D eigenvalue weighted by Crippen LogP contribution is 2.34. The zero-order chi connectivity index (χ0) is 25.5. The molecule has 35 heavy (non-hydrogen) atoms. The molecule has 0 aromatic heterocycles. The van der Waals surface area contributed by atoms with E-state index in [2.05, 4.69) is 5.32 Å². The minimum Gasteiger partial charge on any atom is -0.493 e. The van der Waals surface area contributed by atoms with Crippen molar-refractivity contribution in [3.8, 4) is 11.5 Å². The summed E-state index contributed by atoms with van der Waals surface area (Å²) in [6.07, 6.45) is 1.52. The van der Waals surface area contributed by atoms with Gasteiger partial charge in [0.25, 0.3) is 11.1 Å². The molecular formula is C25H26N2O7S. The van der Waals surface area contributed by atoms with Gasteiger partial charge in [0.15, 0.2) is 18.1 Å². The number of nitrogens with zero attached hydrogens (tertiary/aromatic N) is 1. The Labute approximate surface area is 207 Å². The monoisotopic (exact) mass is 498 g/mol. The van der Waals surface area contributed by atoms with Gasteiger partial charge in [-0.1, -0.05) is 18.2 Å². The first-order valence-corrected chi connectivity index (χ1v) is 11.6. The summed E-state index contributed by atoms with van der Waals surface area (Å²) in [5.41, 5.74) is 3.03. The smallest absolute Gasteiger partial charge is 0.344 e. The van der Waals surface area contributed by atoms with Crippen molar-refractivity contribution in [2.75, 3.05) is 32.2 Å². The molecule has 0 saturated carbocycles. The molecule has 1 fully saturated rings. The number of amides is 3. The standard InChI is InChI=1S/C25H26N2O7S/c1-5-33-23(29)14-34-20-11-17(8-9-19(20)32-4)12-21-24(30)27(25(31)35-21)13-22(28)26-18-10-15(2)6-7-16(18)3/h6-12H,5,13-14H2,1-4H3,(H,26,28)/b21-12-. The van der Waals surface area contributed by atoms with E-state index >= 15 is 0 Å². The summed E-state index contributed by atoms with van der Waals surface area (Å²) in [6, 6.07) is 10.5. The normalized spacial score (nSPS) is 14.3. The fourth-order valence-electron chi connectivity index (χ4n) is 3.23. The van der Waals surface area contributed by atoms with Gasteiger partial charge >= 0.3 is 5.97 Å². The molecule has 0 radical (unpaired) electrons. The number of imide groups is 1. The predicted octanol–water partition coefficient (Wildman–Crippen LogP) is 3.93. The van der Waals surface area contributed by atoms with Crippen LogP contribution in [0.15, 0.2) is 41.3 Å². The van der Waals surface area contributed by atoms with Gasteiger partial charge in [0.05, 0.1) is 18.6 Å². The molecule has 2 aromatic carbocycles. The Morgan fingerprint density at radius 2 is 1.86 bits per heavy atom. The second-order valence-electron chi connectivity index (χ2n) is 7.64. The highest BCUT2D eigenvalue weighted by atomic mass is 32.2. The van der Waals surface area contributed by atoms with Crippen molar-refractivity contribution in [1.82, 2.24) is 4.90 Å². The van der Waals surface area contributed by atoms with Crippen LogP contribution in [0.2, 0.25) is 0 Å². The third-order valence-corrected chi connectivity index (χ3v) is 5.89. The maximum Gasteiger partial charge on any atom is 0.344 e. The number of nitrogens with one attached hydrogen (secondary N) is 1. The van der Waals surface area contributed by atoms with Gasteiger partial charge in [0, 0.05) is 5.69 Å². The Morgan fingerprint density at radius 3 is 2.57 bits per heavy atom. The lowest BCUT2D eigenvalue weighted by Crippen LogP contribution is -2.36. The molecule has 1 saturated heterocycles. The molecule has 9 nitrogen and oxygen atoms in total. The molecule has 1 heterocycles. The fourth-order valence-corrected chi connectivity index (χ4v) is 4.07. The second kappa shape index (κ2) is 11.6. The molecule has 1 aliphatic heterocycles. The third kappa shape index (κ3) is 6.63. The Kier molecular flexibility index (Phi) is 8.53. The van der Waals surface area contributed by atoms with Crippen LogP contribution in [0, 0.1) is 13.8 Å². The molecule has 2 aromatic rings. The molecule has 184 valence electrons. The Balaban J connectivity index is 1.72. The largest absolute Gasteiger partial charge is 0.493 e. The number of aryl methyl sites for hydroxylation is 2. The predicted molar refractivity (Wildman–Crippen MR) is 132 cm³/mol. The average molecular weight is 499 g/mol. The van der Waals surface area contributed by atoms with Gasteiger partial charge in [0.2, 0.25) is 5.91 Å². The highest BCUT2D eigenvalue weighted by molar-refractivity contribution is 8.18. The van der Waals surface area contributed by atoms with Gasteiger partial charge < -0.3 is 19.5 Å². The minimum absolute atomic E-state index is 0.163. The summed E-state index contributed by atoms with van der Waals surface area (Å²) in [4.78, 5) is 50.5. The zero-order valence-electron chi connectivity index (χ0n) is 19.9. The van der Waals surface area contributed by atoms with Crippen LogP contribution in [-0.4, -0.2) is 54.8 Å². The molecular weight excluding hydrogens is 472 g/mol. The Bertz CT molecular complexity index is 1190. The lowest BCUT2D eigenvalue weighted by molar-refractivity contribution is -0.145. The number of carbonyl (C=O) groups excluding carboxylic acids is 4. The van der Waals surface area contributed by atoms with Crippen molar-refractivity contribution in [1.29, 1.82) is 0 Å². The number of benzene rings is 2. The molecule has 0 spiro atoms. The lowest BCUT2D eigenvalue weighted by Gasteiger charge is -2.14. The van der Waals surface area contributed by atoms with E-state index in [1.165, 1.54) is 13.2 Å². The van der Waals surface area contributed by atoms with E-state index in [-0.39, 0.29) is 23.9 Å². The number of thioether (sulfide) groups is 1. The van der Waals surface area contributed by atoms with E-state index < -0.39 is 29.6 Å². The summed E-state index contributed by atoms with van der Waals surface area (Å²) >= 11 is 0.744. The third-order valence-electron chi connectivity index (χ3n) is 4.98. The van der Waals surface area contributed by atoms with Gasteiger partial charge in [-0.15, -0.1) is 0 Å². The molecule has 0 atom stereocenters.